The molecule has 0 radical (unpaired) electrons. The first-order valence-electron chi connectivity index (χ1n) is 7.26. The van der Waals surface area contributed by atoms with E-state index in [1.807, 2.05) is 0 Å². The van der Waals surface area contributed by atoms with Crippen LogP contribution in [0, 0.1) is 0 Å². The number of sulfonamides is 1. The van der Waals surface area contributed by atoms with Gasteiger partial charge in [-0.3, -0.25) is 9.52 Å². The quantitative estimate of drug-likeness (QED) is 0.868. The molecule has 24 heavy (non-hydrogen) atoms. The lowest BCUT2D eigenvalue weighted by molar-refractivity contribution is -0.117. The summed E-state index contributed by atoms with van der Waals surface area (Å²) in [6.07, 6.45) is 1.34. The predicted molar refractivity (Wildman–Crippen MR) is 95.3 cm³/mol. The monoisotopic (exact) mass is 384 g/mol. The minimum atomic E-state index is -3.80. The van der Waals surface area contributed by atoms with Crippen LogP contribution in [0.15, 0.2) is 47.4 Å². The molecule has 1 aliphatic rings. The minimum Gasteiger partial charge on any atom is -0.312 e. The lowest BCUT2D eigenvalue weighted by atomic mass is 10.3. The molecular formula is C16H14Cl2N2O3S. The molecule has 1 heterocycles. The molecule has 5 nitrogen and oxygen atoms in total. The van der Waals surface area contributed by atoms with Gasteiger partial charge < -0.3 is 4.90 Å². The van der Waals surface area contributed by atoms with Gasteiger partial charge in [-0.2, -0.15) is 0 Å². The van der Waals surface area contributed by atoms with E-state index in [0.29, 0.717) is 18.7 Å². The molecule has 1 amide bonds. The van der Waals surface area contributed by atoms with Crippen LogP contribution in [0.5, 0.6) is 0 Å². The molecule has 126 valence electrons. The highest BCUT2D eigenvalue weighted by Crippen LogP contribution is 2.31. The van der Waals surface area contributed by atoms with E-state index in [1.54, 1.807) is 29.2 Å². The number of nitrogens with zero attached hydrogens (tertiary/aromatic N) is 1. The Kier molecular flexibility index (Phi) is 4.71. The van der Waals surface area contributed by atoms with Crippen LogP contribution in [0.4, 0.5) is 11.4 Å². The van der Waals surface area contributed by atoms with Crippen LogP contribution in [0.1, 0.15) is 12.8 Å². The van der Waals surface area contributed by atoms with E-state index < -0.39 is 10.0 Å². The van der Waals surface area contributed by atoms with Crippen molar-refractivity contribution in [3.8, 4) is 0 Å². The van der Waals surface area contributed by atoms with Crippen molar-refractivity contribution in [2.24, 2.45) is 0 Å². The molecule has 0 aliphatic carbocycles. The number of anilines is 2. The molecule has 1 saturated heterocycles. The maximum Gasteiger partial charge on any atom is 0.261 e. The third kappa shape index (κ3) is 3.36. The van der Waals surface area contributed by atoms with Crippen molar-refractivity contribution < 1.29 is 13.2 Å². The summed E-state index contributed by atoms with van der Waals surface area (Å²) in [5.41, 5.74) is 0.903. The van der Waals surface area contributed by atoms with Gasteiger partial charge in [0.05, 0.1) is 20.6 Å². The second kappa shape index (κ2) is 6.63. The molecule has 0 bridgehead atoms. The smallest absolute Gasteiger partial charge is 0.261 e. The number of carbonyl (C=O) groups is 1. The fourth-order valence-electron chi connectivity index (χ4n) is 2.51. The Morgan fingerprint density at radius 3 is 2.38 bits per heavy atom. The number of halogens is 2. The molecule has 3 rings (SSSR count). The van der Waals surface area contributed by atoms with Crippen molar-refractivity contribution >= 4 is 50.5 Å². The lowest BCUT2D eigenvalue weighted by Crippen LogP contribution is -2.23. The summed E-state index contributed by atoms with van der Waals surface area (Å²) < 4.78 is 27.4. The third-order valence-electron chi connectivity index (χ3n) is 3.73. The summed E-state index contributed by atoms with van der Waals surface area (Å²) in [5, 5.41) is 0.404. The van der Waals surface area contributed by atoms with Crippen molar-refractivity contribution in [2.45, 2.75) is 17.7 Å². The molecule has 8 heteroatoms. The molecule has 0 spiro atoms. The SMILES string of the molecule is O=C1CCCN1c1ccc(S(=O)(=O)Nc2cccc(Cl)c2Cl)cc1. The van der Waals surface area contributed by atoms with Crippen molar-refractivity contribution in [2.75, 3.05) is 16.2 Å². The molecule has 2 aromatic rings. The van der Waals surface area contributed by atoms with E-state index in [9.17, 15) is 13.2 Å². The van der Waals surface area contributed by atoms with E-state index in [-0.39, 0.29) is 26.5 Å². The Morgan fingerprint density at radius 1 is 1.04 bits per heavy atom. The molecule has 1 N–H and O–H groups in total. The van der Waals surface area contributed by atoms with Crippen molar-refractivity contribution in [3.05, 3.63) is 52.5 Å². The van der Waals surface area contributed by atoms with E-state index in [0.717, 1.165) is 6.42 Å². The van der Waals surface area contributed by atoms with E-state index in [4.69, 9.17) is 23.2 Å². The van der Waals surface area contributed by atoms with Gasteiger partial charge in [-0.25, -0.2) is 8.42 Å². The van der Waals surface area contributed by atoms with Crippen molar-refractivity contribution in [1.82, 2.24) is 0 Å². The summed E-state index contributed by atoms with van der Waals surface area (Å²) >= 11 is 11.9. The zero-order valence-corrected chi connectivity index (χ0v) is 14.8. The van der Waals surface area contributed by atoms with Crippen LogP contribution in [0.2, 0.25) is 10.0 Å². The Balaban J connectivity index is 1.85. The van der Waals surface area contributed by atoms with Gasteiger partial charge in [-0.15, -0.1) is 0 Å². The number of rotatable bonds is 4. The number of benzene rings is 2. The number of hydrogen-bond donors (Lipinski definition) is 1. The molecule has 0 atom stereocenters. The van der Waals surface area contributed by atoms with Gasteiger partial charge >= 0.3 is 0 Å². The predicted octanol–water partition coefficient (Wildman–Crippen LogP) is 3.92. The van der Waals surface area contributed by atoms with Gasteiger partial charge in [-0.05, 0) is 42.8 Å². The summed E-state index contributed by atoms with van der Waals surface area (Å²) in [5.74, 6) is 0.0504. The Labute approximate surface area is 150 Å². The van der Waals surface area contributed by atoms with Crippen LogP contribution >= 0.6 is 23.2 Å². The second-order valence-corrected chi connectivity index (χ2v) is 7.82. The maximum atomic E-state index is 12.5. The first-order valence-corrected chi connectivity index (χ1v) is 9.50. The number of hydrogen-bond acceptors (Lipinski definition) is 3. The fraction of sp³-hybridized carbons (Fsp3) is 0.188. The summed E-state index contributed by atoms with van der Waals surface area (Å²) in [6.45, 7) is 0.654. The molecule has 2 aromatic carbocycles. The van der Waals surface area contributed by atoms with Crippen molar-refractivity contribution in [1.29, 1.82) is 0 Å². The van der Waals surface area contributed by atoms with E-state index in [1.165, 1.54) is 18.2 Å². The van der Waals surface area contributed by atoms with Crippen LogP contribution in [0.3, 0.4) is 0 Å². The zero-order chi connectivity index (χ0) is 17.3. The Bertz CT molecular complexity index is 883. The highest BCUT2D eigenvalue weighted by Gasteiger charge is 2.22. The maximum absolute atomic E-state index is 12.5. The van der Waals surface area contributed by atoms with E-state index in [2.05, 4.69) is 4.72 Å². The zero-order valence-electron chi connectivity index (χ0n) is 12.5. The first-order chi connectivity index (χ1) is 11.4. The molecule has 0 saturated carbocycles. The van der Waals surface area contributed by atoms with Gasteiger partial charge in [-0.1, -0.05) is 29.3 Å². The van der Waals surface area contributed by atoms with Crippen LogP contribution in [0.25, 0.3) is 0 Å². The fourth-order valence-corrected chi connectivity index (χ4v) is 3.99. The number of amides is 1. The van der Waals surface area contributed by atoms with Gasteiger partial charge in [0.1, 0.15) is 0 Å². The molecule has 1 aliphatic heterocycles. The molecule has 0 unspecified atom stereocenters. The number of carbonyl (C=O) groups excluding carboxylic acids is 1. The molecule has 1 fully saturated rings. The highest BCUT2D eigenvalue weighted by molar-refractivity contribution is 7.92. The Morgan fingerprint density at radius 2 is 1.75 bits per heavy atom. The van der Waals surface area contributed by atoms with Gasteiger partial charge in [0.2, 0.25) is 5.91 Å². The topological polar surface area (TPSA) is 66.5 Å². The average Bonchev–Trinajstić information content (AvgIpc) is 2.98. The summed E-state index contributed by atoms with van der Waals surface area (Å²) in [4.78, 5) is 13.5. The second-order valence-electron chi connectivity index (χ2n) is 5.35. The standard InChI is InChI=1S/C16H14Cl2N2O3S/c17-13-3-1-4-14(16(13)18)19-24(22,23)12-8-6-11(7-9-12)20-10-2-5-15(20)21/h1,3-4,6-9,19H,2,5,10H2. The first kappa shape index (κ1) is 17.1. The summed E-state index contributed by atoms with van der Waals surface area (Å²) in [7, 11) is -3.80. The van der Waals surface area contributed by atoms with Crippen LogP contribution < -0.4 is 9.62 Å². The Hall–Kier alpha value is -1.76. The molecular weight excluding hydrogens is 371 g/mol. The van der Waals surface area contributed by atoms with E-state index >= 15 is 0 Å². The molecule has 0 aromatic heterocycles. The average molecular weight is 385 g/mol. The van der Waals surface area contributed by atoms with Crippen LogP contribution in [-0.2, 0) is 14.8 Å². The van der Waals surface area contributed by atoms with Crippen molar-refractivity contribution in [3.63, 3.8) is 0 Å². The lowest BCUT2D eigenvalue weighted by Gasteiger charge is -2.16. The largest absolute Gasteiger partial charge is 0.312 e. The normalized spacial score (nSPS) is 14.9. The minimum absolute atomic E-state index is 0.0504. The van der Waals surface area contributed by atoms with Gasteiger partial charge in [0.25, 0.3) is 10.0 Å². The summed E-state index contributed by atoms with van der Waals surface area (Å²) in [6, 6.07) is 10.9. The highest BCUT2D eigenvalue weighted by atomic mass is 35.5. The van der Waals surface area contributed by atoms with Gasteiger partial charge in [0.15, 0.2) is 0 Å². The third-order valence-corrected chi connectivity index (χ3v) is 5.93. The number of nitrogens with one attached hydrogen (secondary N) is 1. The van der Waals surface area contributed by atoms with Crippen LogP contribution in [-0.4, -0.2) is 20.9 Å². The van der Waals surface area contributed by atoms with Gasteiger partial charge in [0, 0.05) is 18.7 Å².